The number of hydrogen-bond donors (Lipinski definition) is 0. The van der Waals surface area contributed by atoms with Crippen molar-refractivity contribution in [1.82, 2.24) is 0 Å². The van der Waals surface area contributed by atoms with E-state index in [1.165, 1.54) is 49.0 Å². The molecule has 0 saturated heterocycles. The van der Waals surface area contributed by atoms with Crippen molar-refractivity contribution in [1.29, 1.82) is 0 Å². The molecule has 0 spiro atoms. The normalized spacial score (nSPS) is 12.0. The summed E-state index contributed by atoms with van der Waals surface area (Å²) in [5.41, 5.74) is 13.5. The van der Waals surface area contributed by atoms with Crippen molar-refractivity contribution in [3.05, 3.63) is 193 Å². The number of hydrogen-bond acceptors (Lipinski definition) is 4. The van der Waals surface area contributed by atoms with E-state index in [2.05, 4.69) is 194 Å². The fourth-order valence-electron chi connectivity index (χ4n) is 9.65. The van der Waals surface area contributed by atoms with Gasteiger partial charge in [-0.1, -0.05) is 121 Å². The molecule has 280 valence electrons. The molecule has 0 radical (unpaired) electrons. The Morgan fingerprint density at radius 3 is 1.36 bits per heavy atom. The van der Waals surface area contributed by atoms with Gasteiger partial charge in [-0.2, -0.15) is 0 Å². The summed E-state index contributed by atoms with van der Waals surface area (Å²) in [6.07, 6.45) is 0. The summed E-state index contributed by atoms with van der Waals surface area (Å²) in [7, 11) is 0. The summed E-state index contributed by atoms with van der Waals surface area (Å²) < 4.78 is 13.4. The largest absolute Gasteiger partial charge is 0.454 e. The van der Waals surface area contributed by atoms with Crippen LogP contribution in [0.4, 0.5) is 34.1 Å². The Hall–Kier alpha value is -7.56. The first kappa shape index (κ1) is 33.6. The van der Waals surface area contributed by atoms with Crippen molar-refractivity contribution >= 4 is 110 Å². The van der Waals surface area contributed by atoms with Gasteiger partial charge in [-0.25, -0.2) is 0 Å². The second-order valence-electron chi connectivity index (χ2n) is 15.8. The molecule has 10 aromatic carbocycles. The SMILES string of the molecule is Cc1ccccc1N(c1ccc2ccc3c(N(c4ccccc4C)c4cccc5c4oc4ccccc45)ccc4c(C)cc1c2c43)c1cccc2c1oc1ccccc12. The first-order chi connectivity index (χ1) is 29.0. The lowest BCUT2D eigenvalue weighted by Crippen LogP contribution is -2.13. The highest BCUT2D eigenvalue weighted by Gasteiger charge is 2.27. The smallest absolute Gasteiger partial charge is 0.159 e. The van der Waals surface area contributed by atoms with Crippen molar-refractivity contribution in [2.45, 2.75) is 20.8 Å². The van der Waals surface area contributed by atoms with Crippen LogP contribution in [0.3, 0.4) is 0 Å². The van der Waals surface area contributed by atoms with Crippen molar-refractivity contribution in [3.8, 4) is 0 Å². The van der Waals surface area contributed by atoms with E-state index in [0.29, 0.717) is 0 Å². The maximum absolute atomic E-state index is 6.73. The molecule has 12 rings (SSSR count). The number of benzene rings is 10. The predicted molar refractivity (Wildman–Crippen MR) is 248 cm³/mol. The van der Waals surface area contributed by atoms with Crippen LogP contribution in [-0.2, 0) is 0 Å². The third-order valence-electron chi connectivity index (χ3n) is 12.4. The molecule has 0 saturated carbocycles. The van der Waals surface area contributed by atoms with E-state index in [9.17, 15) is 0 Å². The van der Waals surface area contributed by atoms with E-state index >= 15 is 0 Å². The summed E-state index contributed by atoms with van der Waals surface area (Å²) in [6.45, 7) is 6.63. The van der Waals surface area contributed by atoms with Gasteiger partial charge in [0.1, 0.15) is 11.2 Å². The van der Waals surface area contributed by atoms with Crippen LogP contribution in [0.1, 0.15) is 16.7 Å². The van der Waals surface area contributed by atoms with E-state index in [-0.39, 0.29) is 0 Å². The molecule has 12 aromatic rings. The van der Waals surface area contributed by atoms with Gasteiger partial charge in [-0.15, -0.1) is 0 Å². The zero-order valence-electron chi connectivity index (χ0n) is 33.0. The van der Waals surface area contributed by atoms with Crippen molar-refractivity contribution < 1.29 is 8.83 Å². The third kappa shape index (κ3) is 4.90. The van der Waals surface area contributed by atoms with Crippen molar-refractivity contribution in [2.75, 3.05) is 9.80 Å². The van der Waals surface area contributed by atoms with Gasteiger partial charge in [0.05, 0.1) is 22.7 Å². The van der Waals surface area contributed by atoms with Crippen LogP contribution in [0.5, 0.6) is 0 Å². The van der Waals surface area contributed by atoms with Gasteiger partial charge >= 0.3 is 0 Å². The molecule has 0 aliphatic heterocycles. The van der Waals surface area contributed by atoms with Gasteiger partial charge in [-0.05, 0) is 114 Å². The minimum atomic E-state index is 0.870. The average molecular weight is 759 g/mol. The lowest BCUT2D eigenvalue weighted by molar-refractivity contribution is 0.668. The Morgan fingerprint density at radius 2 is 0.763 bits per heavy atom. The van der Waals surface area contributed by atoms with Crippen LogP contribution >= 0.6 is 0 Å². The number of nitrogens with zero attached hydrogens (tertiary/aromatic N) is 2. The highest BCUT2D eigenvalue weighted by molar-refractivity contribution is 6.29. The van der Waals surface area contributed by atoms with E-state index in [1.54, 1.807) is 0 Å². The Bertz CT molecular complexity index is 3630. The molecule has 4 nitrogen and oxygen atoms in total. The van der Waals surface area contributed by atoms with E-state index in [0.717, 1.165) is 78.0 Å². The maximum Gasteiger partial charge on any atom is 0.159 e. The Labute approximate surface area is 341 Å². The van der Waals surface area contributed by atoms with Gasteiger partial charge in [0, 0.05) is 43.7 Å². The van der Waals surface area contributed by atoms with Crippen LogP contribution < -0.4 is 9.80 Å². The zero-order valence-corrected chi connectivity index (χ0v) is 33.0. The first-order valence-corrected chi connectivity index (χ1v) is 20.3. The number of rotatable bonds is 6. The molecule has 2 aromatic heterocycles. The second-order valence-corrected chi connectivity index (χ2v) is 15.8. The molecular weight excluding hydrogens is 721 g/mol. The van der Waals surface area contributed by atoms with Crippen LogP contribution in [0, 0.1) is 20.8 Å². The molecule has 0 aliphatic rings. The fourth-order valence-corrected chi connectivity index (χ4v) is 9.65. The Balaban J connectivity index is 1.16. The van der Waals surface area contributed by atoms with Gasteiger partial charge in [0.2, 0.25) is 0 Å². The molecule has 59 heavy (non-hydrogen) atoms. The molecule has 0 fully saturated rings. The maximum atomic E-state index is 6.73. The summed E-state index contributed by atoms with van der Waals surface area (Å²) in [6, 6.07) is 63.2. The van der Waals surface area contributed by atoms with Crippen LogP contribution in [0.25, 0.3) is 76.2 Å². The summed E-state index contributed by atoms with van der Waals surface area (Å²) in [5.74, 6) is 0. The minimum absolute atomic E-state index is 0.870. The Kier molecular flexibility index (Phi) is 7.24. The lowest BCUT2D eigenvalue weighted by Gasteiger charge is -2.30. The number of fused-ring (bicyclic) bond motifs is 6. The summed E-state index contributed by atoms with van der Waals surface area (Å²) >= 11 is 0. The monoisotopic (exact) mass is 758 g/mol. The molecule has 2 heterocycles. The standard InChI is InChI=1S/C55H38N2O2/c1-33-14-4-8-20-44(33)56(48-22-12-18-40-38-16-6-10-24-50(38)58-54(40)48)46-31-29-37-35(3)32-43-47(30-27-36-26-28-42(46)53(37)52(36)43)57(45-21-9-5-15-34(45)2)49-23-13-19-41-39-17-7-11-25-51(39)59-55(41)49/h4-32H,1-3H3. The topological polar surface area (TPSA) is 32.8 Å². The Morgan fingerprint density at radius 1 is 0.305 bits per heavy atom. The first-order valence-electron chi connectivity index (χ1n) is 20.3. The van der Waals surface area contributed by atoms with E-state index < -0.39 is 0 Å². The van der Waals surface area contributed by atoms with Crippen LogP contribution in [-0.4, -0.2) is 0 Å². The average Bonchev–Trinajstić information content (AvgIpc) is 3.85. The van der Waals surface area contributed by atoms with Crippen molar-refractivity contribution in [2.24, 2.45) is 0 Å². The number of anilines is 6. The minimum Gasteiger partial charge on any atom is -0.454 e. The van der Waals surface area contributed by atoms with Crippen LogP contribution in [0.15, 0.2) is 185 Å². The summed E-state index contributed by atoms with van der Waals surface area (Å²) in [4.78, 5) is 4.82. The lowest BCUT2D eigenvalue weighted by atomic mass is 9.89. The van der Waals surface area contributed by atoms with Gasteiger partial charge in [-0.3, -0.25) is 0 Å². The number of para-hydroxylation sites is 6. The number of aryl methyl sites for hydroxylation is 3. The van der Waals surface area contributed by atoms with Gasteiger partial charge < -0.3 is 18.6 Å². The number of furan rings is 2. The molecule has 0 N–H and O–H groups in total. The van der Waals surface area contributed by atoms with E-state index in [4.69, 9.17) is 8.83 Å². The summed E-state index contributed by atoms with van der Waals surface area (Å²) in [5, 5.41) is 11.7. The van der Waals surface area contributed by atoms with Gasteiger partial charge in [0.25, 0.3) is 0 Å². The molecule has 4 heteroatoms. The molecule has 0 atom stereocenters. The molecule has 0 unspecified atom stereocenters. The molecular formula is C55H38N2O2. The predicted octanol–water partition coefficient (Wildman–Crippen LogP) is 16.2. The molecule has 0 bridgehead atoms. The van der Waals surface area contributed by atoms with E-state index in [1.807, 2.05) is 12.1 Å². The van der Waals surface area contributed by atoms with Crippen LogP contribution in [0.2, 0.25) is 0 Å². The third-order valence-corrected chi connectivity index (χ3v) is 12.4. The molecule has 0 aliphatic carbocycles. The fraction of sp³-hybridized carbons (Fsp3) is 0.0545. The van der Waals surface area contributed by atoms with Crippen molar-refractivity contribution in [3.63, 3.8) is 0 Å². The zero-order chi connectivity index (χ0) is 39.4. The molecule has 0 amide bonds. The second kappa shape index (κ2) is 12.7. The highest BCUT2D eigenvalue weighted by atomic mass is 16.3. The quantitative estimate of drug-likeness (QED) is 0.158. The highest BCUT2D eigenvalue weighted by Crippen LogP contribution is 2.51. The van der Waals surface area contributed by atoms with Gasteiger partial charge in [0.15, 0.2) is 11.2 Å².